The van der Waals surface area contributed by atoms with Gasteiger partial charge in [-0.3, -0.25) is 38.9 Å². The van der Waals surface area contributed by atoms with Crippen molar-refractivity contribution >= 4 is 51.8 Å². The van der Waals surface area contributed by atoms with E-state index in [9.17, 15) is 45.9 Å². The van der Waals surface area contributed by atoms with Gasteiger partial charge in [0.15, 0.2) is 0 Å². The van der Waals surface area contributed by atoms with Crippen LogP contribution in [-0.4, -0.2) is 99.0 Å². The van der Waals surface area contributed by atoms with Gasteiger partial charge in [0.2, 0.25) is 11.8 Å². The Balaban J connectivity index is 0.759. The monoisotopic (exact) mass is 864 g/mol. The molecule has 8 rings (SSSR count). The topological polar surface area (TPSA) is 168 Å². The van der Waals surface area contributed by atoms with Crippen LogP contribution in [0.15, 0.2) is 54.7 Å². The molecule has 2 saturated carbocycles. The molecular formula is C43H45F5N8O6. The van der Waals surface area contributed by atoms with Crippen molar-refractivity contribution in [2.45, 2.75) is 94.6 Å². The number of rotatable bonds is 14. The van der Waals surface area contributed by atoms with Gasteiger partial charge in [-0.25, -0.2) is 13.8 Å². The minimum absolute atomic E-state index is 0.0521. The molecule has 4 aliphatic rings. The summed E-state index contributed by atoms with van der Waals surface area (Å²) in [5.74, 6) is -2.74. The van der Waals surface area contributed by atoms with Gasteiger partial charge >= 0.3 is 6.18 Å². The molecule has 0 spiro atoms. The summed E-state index contributed by atoms with van der Waals surface area (Å²) in [6, 6.07) is 9.48. The molecule has 2 aromatic carbocycles. The largest absolute Gasteiger partial charge is 0.433 e. The number of hydrogen-bond acceptors (Lipinski definition) is 10. The number of ether oxygens (including phenoxy) is 1. The summed E-state index contributed by atoms with van der Waals surface area (Å²) in [6.07, 6.45) is 0.105. The number of amides is 5. The zero-order chi connectivity index (χ0) is 43.9. The van der Waals surface area contributed by atoms with E-state index in [-0.39, 0.29) is 47.8 Å². The van der Waals surface area contributed by atoms with Crippen molar-refractivity contribution in [2.75, 3.05) is 37.4 Å². The first-order chi connectivity index (χ1) is 29.6. The smallest absolute Gasteiger partial charge is 0.381 e. The molecule has 2 aliphatic heterocycles. The van der Waals surface area contributed by atoms with Gasteiger partial charge < -0.3 is 20.3 Å². The molecule has 0 bridgehead atoms. The molecule has 4 aromatic rings. The van der Waals surface area contributed by atoms with Crippen LogP contribution < -0.4 is 16.0 Å². The lowest BCUT2D eigenvalue weighted by Gasteiger charge is -2.36. The number of imide groups is 2. The second-order valence-corrected chi connectivity index (χ2v) is 16.5. The molecule has 4 heterocycles. The van der Waals surface area contributed by atoms with Crippen LogP contribution in [0.3, 0.4) is 0 Å². The van der Waals surface area contributed by atoms with Crippen LogP contribution in [-0.2, 0) is 20.5 Å². The Kier molecular flexibility index (Phi) is 12.1. The number of hydrogen-bond donors (Lipinski definition) is 3. The molecular weight excluding hydrogens is 820 g/mol. The Morgan fingerprint density at radius 2 is 1.74 bits per heavy atom. The summed E-state index contributed by atoms with van der Waals surface area (Å²) in [6.45, 7) is 2.36. The van der Waals surface area contributed by atoms with Gasteiger partial charge in [0.1, 0.15) is 17.4 Å². The number of aromatic nitrogens is 3. The van der Waals surface area contributed by atoms with E-state index in [1.165, 1.54) is 12.1 Å². The van der Waals surface area contributed by atoms with E-state index in [0.717, 1.165) is 81.1 Å². The van der Waals surface area contributed by atoms with Crippen LogP contribution in [0.2, 0.25) is 0 Å². The predicted octanol–water partition coefficient (Wildman–Crippen LogP) is 6.75. The Labute approximate surface area is 352 Å². The fourth-order valence-electron chi connectivity index (χ4n) is 8.87. The third kappa shape index (κ3) is 9.04. The zero-order valence-corrected chi connectivity index (χ0v) is 33.7. The second kappa shape index (κ2) is 17.5. The van der Waals surface area contributed by atoms with Crippen molar-refractivity contribution in [3.8, 4) is 0 Å². The number of piperidine rings is 1. The van der Waals surface area contributed by atoms with E-state index >= 15 is 0 Å². The van der Waals surface area contributed by atoms with Crippen molar-refractivity contribution in [2.24, 2.45) is 5.92 Å². The molecule has 62 heavy (non-hydrogen) atoms. The van der Waals surface area contributed by atoms with E-state index < -0.39 is 65.1 Å². The predicted molar refractivity (Wildman–Crippen MR) is 214 cm³/mol. The Hall–Kier alpha value is -5.82. The van der Waals surface area contributed by atoms with Crippen LogP contribution >= 0.6 is 0 Å². The third-order valence-electron chi connectivity index (χ3n) is 12.2. The first kappa shape index (κ1) is 42.9. The number of halogens is 5. The number of pyridine rings is 1. The molecule has 328 valence electrons. The molecule has 1 atom stereocenters. The van der Waals surface area contributed by atoms with Crippen molar-refractivity contribution < 1.29 is 50.7 Å². The quantitative estimate of drug-likeness (QED) is 0.0701. The zero-order valence-electron chi connectivity index (χ0n) is 33.7. The van der Waals surface area contributed by atoms with Crippen LogP contribution in [0.4, 0.5) is 33.3 Å². The Morgan fingerprint density at radius 1 is 0.984 bits per heavy atom. The molecule has 1 saturated heterocycles. The van der Waals surface area contributed by atoms with Crippen LogP contribution in [0.5, 0.6) is 0 Å². The highest BCUT2D eigenvalue weighted by Crippen LogP contribution is 2.38. The lowest BCUT2D eigenvalue weighted by molar-refractivity contribution is -0.141. The minimum atomic E-state index is -4.77. The van der Waals surface area contributed by atoms with Crippen molar-refractivity contribution in [3.05, 3.63) is 82.8 Å². The van der Waals surface area contributed by atoms with E-state index in [1.54, 1.807) is 29.1 Å². The van der Waals surface area contributed by atoms with Gasteiger partial charge in [0.25, 0.3) is 24.1 Å². The van der Waals surface area contributed by atoms with Crippen LogP contribution in [0.1, 0.15) is 113 Å². The van der Waals surface area contributed by atoms with E-state index in [0.29, 0.717) is 29.1 Å². The van der Waals surface area contributed by atoms with Gasteiger partial charge in [-0.1, -0.05) is 12.1 Å². The lowest BCUT2D eigenvalue weighted by atomic mass is 9.86. The van der Waals surface area contributed by atoms with E-state index in [4.69, 9.17) is 4.74 Å². The molecule has 14 nitrogen and oxygen atoms in total. The van der Waals surface area contributed by atoms with Gasteiger partial charge in [-0.15, -0.1) is 0 Å². The SMILES string of the molecule is CN(CCCOC1CC(Nc2cccc3c2C(=O)N(C2CCC(=O)NC2=O)C3=O)C1)CC1CCC(n2cc3cc(NC(=O)c4cccc(C(F)(F)F)n4)c(C(F)F)cc3n2)CC1. The standard InChI is InChI=1S/C43H45F5N8O6/c1-54(15-4-16-62-27-18-25(19-27)49-30-6-2-5-28-37(30)42(61)56(41(28)60)34-13-14-36(57)52-40(34)59)21-23-9-11-26(12-10-23)55-22-24-17-33(29(38(44)45)20-32(24)53-55)51-39(58)31-7-3-8-35(50-31)43(46,47)48/h2-3,5-8,17,20,22-23,25-27,34,38,49H,4,9-16,18-19,21H2,1H3,(H,51,58)(H,52,57,59). The molecule has 2 aromatic heterocycles. The fourth-order valence-corrected chi connectivity index (χ4v) is 8.87. The maximum Gasteiger partial charge on any atom is 0.433 e. The number of fused-ring (bicyclic) bond motifs is 2. The van der Waals surface area contributed by atoms with E-state index in [1.807, 2.05) is 0 Å². The lowest BCUT2D eigenvalue weighted by Crippen LogP contribution is -2.54. The number of nitrogens with one attached hydrogen (secondary N) is 3. The first-order valence-corrected chi connectivity index (χ1v) is 20.7. The van der Waals surface area contributed by atoms with Crippen LogP contribution in [0.25, 0.3) is 10.9 Å². The molecule has 3 fully saturated rings. The Morgan fingerprint density at radius 3 is 2.47 bits per heavy atom. The molecule has 0 radical (unpaired) electrons. The molecule has 2 aliphatic carbocycles. The molecule has 19 heteroatoms. The van der Waals surface area contributed by atoms with Gasteiger partial charge in [-0.05, 0) is 101 Å². The number of nitrogens with zero attached hydrogens (tertiary/aromatic N) is 5. The summed E-state index contributed by atoms with van der Waals surface area (Å²) in [7, 11) is 2.08. The average molecular weight is 865 g/mol. The highest BCUT2D eigenvalue weighted by molar-refractivity contribution is 6.25. The molecule has 3 N–H and O–H groups in total. The van der Waals surface area contributed by atoms with Gasteiger partial charge in [-0.2, -0.15) is 18.3 Å². The fraction of sp³-hybridized carbons (Fsp3) is 0.465. The normalized spacial score (nSPS) is 22.9. The van der Waals surface area contributed by atoms with Crippen molar-refractivity contribution in [1.82, 2.24) is 29.9 Å². The van der Waals surface area contributed by atoms with Gasteiger partial charge in [0.05, 0.1) is 34.5 Å². The number of carbonyl (C=O) groups excluding carboxylic acids is 5. The van der Waals surface area contributed by atoms with Crippen LogP contribution in [0, 0.1) is 5.92 Å². The highest BCUT2D eigenvalue weighted by Gasteiger charge is 2.46. The summed E-state index contributed by atoms with van der Waals surface area (Å²) >= 11 is 0. The maximum absolute atomic E-state index is 14.1. The van der Waals surface area contributed by atoms with Gasteiger partial charge in [0, 0.05) is 55.0 Å². The summed E-state index contributed by atoms with van der Waals surface area (Å²) in [5.41, 5.74) is -1.22. The van der Waals surface area contributed by atoms with E-state index in [2.05, 4.69) is 38.0 Å². The van der Waals surface area contributed by atoms with Crippen molar-refractivity contribution in [3.63, 3.8) is 0 Å². The second-order valence-electron chi connectivity index (χ2n) is 16.5. The number of alkyl halides is 5. The first-order valence-electron chi connectivity index (χ1n) is 20.7. The Bertz CT molecular complexity index is 2390. The average Bonchev–Trinajstić information content (AvgIpc) is 3.75. The number of benzene rings is 2. The molecule has 5 amide bonds. The third-order valence-corrected chi connectivity index (χ3v) is 12.2. The maximum atomic E-state index is 14.1. The summed E-state index contributed by atoms with van der Waals surface area (Å²) < 4.78 is 75.5. The molecule has 1 unspecified atom stereocenters. The summed E-state index contributed by atoms with van der Waals surface area (Å²) in [4.78, 5) is 70.0. The number of anilines is 2. The number of carbonyl (C=O) groups is 5. The highest BCUT2D eigenvalue weighted by atomic mass is 19.4. The van der Waals surface area contributed by atoms with Crippen molar-refractivity contribution in [1.29, 1.82) is 0 Å². The summed E-state index contributed by atoms with van der Waals surface area (Å²) in [5, 5.41) is 13.0. The minimum Gasteiger partial charge on any atom is -0.381 e.